The van der Waals surface area contributed by atoms with Gasteiger partial charge in [-0.25, -0.2) is 0 Å². The van der Waals surface area contributed by atoms with E-state index in [0.717, 1.165) is 21.8 Å². The van der Waals surface area contributed by atoms with Crippen LogP contribution in [0, 0.1) is 29.6 Å². The van der Waals surface area contributed by atoms with Crippen molar-refractivity contribution in [1.29, 1.82) is 10.5 Å². The zero-order chi connectivity index (χ0) is 26.1. The van der Waals surface area contributed by atoms with E-state index in [0.29, 0.717) is 47.3 Å². The highest BCUT2D eigenvalue weighted by molar-refractivity contribution is 7.16. The molecule has 0 atom stereocenters. The molecule has 0 unspecified atom stereocenters. The molecule has 3 aromatic rings. The molecule has 0 radical (unpaired) electrons. The number of amides is 1. The predicted molar refractivity (Wildman–Crippen MR) is 140 cm³/mol. The van der Waals surface area contributed by atoms with Gasteiger partial charge < -0.3 is 19.5 Å². The van der Waals surface area contributed by atoms with Gasteiger partial charge in [0.2, 0.25) is 0 Å². The minimum absolute atomic E-state index is 0.0875. The summed E-state index contributed by atoms with van der Waals surface area (Å²) >= 11 is 1.33. The van der Waals surface area contributed by atoms with Gasteiger partial charge in [0.15, 0.2) is 11.5 Å². The molecule has 3 rings (SSSR count). The fourth-order valence-electron chi connectivity index (χ4n) is 3.62. The van der Waals surface area contributed by atoms with Crippen molar-refractivity contribution < 1.29 is 19.0 Å². The third-order valence-electron chi connectivity index (χ3n) is 5.37. The maximum absolute atomic E-state index is 12.8. The van der Waals surface area contributed by atoms with Crippen LogP contribution in [0.25, 0.3) is 6.08 Å². The van der Waals surface area contributed by atoms with Gasteiger partial charge in [0, 0.05) is 4.88 Å². The van der Waals surface area contributed by atoms with Crippen LogP contribution in [-0.4, -0.2) is 19.6 Å². The van der Waals surface area contributed by atoms with E-state index in [-0.39, 0.29) is 5.57 Å². The molecular weight excluding hydrogens is 474 g/mol. The molecule has 1 heterocycles. The Morgan fingerprint density at radius 2 is 1.92 bits per heavy atom. The number of methoxy groups -OCH3 is 1. The molecule has 184 valence electrons. The van der Waals surface area contributed by atoms with Gasteiger partial charge in [-0.15, -0.1) is 11.3 Å². The summed E-state index contributed by atoms with van der Waals surface area (Å²) in [5, 5.41) is 22.4. The second-order valence-corrected chi connectivity index (χ2v) is 8.93. The van der Waals surface area contributed by atoms with Crippen molar-refractivity contribution in [2.75, 3.05) is 19.0 Å². The molecule has 0 spiro atoms. The number of nitriles is 2. The maximum atomic E-state index is 12.8. The first-order chi connectivity index (χ1) is 17.4. The second-order valence-electron chi connectivity index (χ2n) is 7.71. The zero-order valence-corrected chi connectivity index (χ0v) is 21.5. The quantitative estimate of drug-likeness (QED) is 0.269. The number of nitrogens with zero attached hydrogens (tertiary/aromatic N) is 2. The van der Waals surface area contributed by atoms with Gasteiger partial charge in [0.1, 0.15) is 35.1 Å². The van der Waals surface area contributed by atoms with E-state index < -0.39 is 5.91 Å². The largest absolute Gasteiger partial charge is 0.497 e. The summed E-state index contributed by atoms with van der Waals surface area (Å²) in [6, 6.07) is 16.9. The van der Waals surface area contributed by atoms with Gasteiger partial charge in [-0.05, 0) is 67.3 Å². The summed E-state index contributed by atoms with van der Waals surface area (Å²) in [5.41, 5.74) is 2.82. The highest BCUT2D eigenvalue weighted by atomic mass is 32.1. The first-order valence-corrected chi connectivity index (χ1v) is 12.2. The number of hydrogen-bond donors (Lipinski definition) is 1. The van der Waals surface area contributed by atoms with Gasteiger partial charge in [-0.1, -0.05) is 25.1 Å². The number of nitrogens with one attached hydrogen (secondary N) is 1. The molecule has 8 heteroatoms. The lowest BCUT2D eigenvalue weighted by atomic mass is 10.1. The lowest BCUT2D eigenvalue weighted by Gasteiger charge is -2.13. The van der Waals surface area contributed by atoms with Crippen molar-refractivity contribution in [1.82, 2.24) is 0 Å². The summed E-state index contributed by atoms with van der Waals surface area (Å²) in [6.45, 7) is 6.47. The normalized spacial score (nSPS) is 10.8. The number of rotatable bonds is 10. The minimum Gasteiger partial charge on any atom is -0.497 e. The van der Waals surface area contributed by atoms with E-state index in [1.54, 1.807) is 25.3 Å². The Morgan fingerprint density at radius 3 is 2.58 bits per heavy atom. The summed E-state index contributed by atoms with van der Waals surface area (Å²) in [6.07, 6.45) is 2.17. The second kappa shape index (κ2) is 12.4. The van der Waals surface area contributed by atoms with Crippen LogP contribution in [0.3, 0.4) is 0 Å². The fraction of sp³-hybridized carbons (Fsp3) is 0.250. The third-order valence-corrected chi connectivity index (χ3v) is 6.44. The van der Waals surface area contributed by atoms with Crippen LogP contribution < -0.4 is 19.5 Å². The average Bonchev–Trinajstić information content (AvgIpc) is 3.20. The van der Waals surface area contributed by atoms with Crippen LogP contribution in [0.1, 0.15) is 41.0 Å². The Hall–Kier alpha value is -4.27. The Bertz CT molecular complexity index is 1360. The van der Waals surface area contributed by atoms with E-state index in [2.05, 4.69) is 11.4 Å². The monoisotopic (exact) mass is 501 g/mol. The summed E-state index contributed by atoms with van der Waals surface area (Å²) in [4.78, 5) is 13.8. The third kappa shape index (κ3) is 6.24. The molecule has 0 saturated carbocycles. The van der Waals surface area contributed by atoms with Crippen LogP contribution in [0.4, 0.5) is 5.00 Å². The highest BCUT2D eigenvalue weighted by Gasteiger charge is 2.18. The average molecular weight is 502 g/mol. The molecule has 1 aromatic heterocycles. The van der Waals surface area contributed by atoms with E-state index in [4.69, 9.17) is 14.2 Å². The molecule has 0 saturated heterocycles. The van der Waals surface area contributed by atoms with Crippen LogP contribution in [0.2, 0.25) is 0 Å². The zero-order valence-electron chi connectivity index (χ0n) is 20.7. The Morgan fingerprint density at radius 1 is 1.11 bits per heavy atom. The van der Waals surface area contributed by atoms with E-state index in [9.17, 15) is 15.3 Å². The van der Waals surface area contributed by atoms with Gasteiger partial charge in [0.05, 0.1) is 19.3 Å². The summed E-state index contributed by atoms with van der Waals surface area (Å²) in [5.74, 6) is 1.21. The molecule has 1 amide bonds. The number of anilines is 1. The first-order valence-electron chi connectivity index (χ1n) is 11.4. The number of carbonyl (C=O) groups is 1. The Kier molecular flexibility index (Phi) is 9.10. The highest BCUT2D eigenvalue weighted by Crippen LogP contribution is 2.34. The molecule has 0 bridgehead atoms. The Balaban J connectivity index is 1.81. The molecular formula is C28H27N3O4S. The molecule has 7 nitrogen and oxygen atoms in total. The minimum atomic E-state index is -0.575. The van der Waals surface area contributed by atoms with Crippen molar-refractivity contribution in [3.05, 3.63) is 75.2 Å². The van der Waals surface area contributed by atoms with Crippen molar-refractivity contribution in [2.24, 2.45) is 0 Å². The molecule has 0 aliphatic carbocycles. The number of carbonyl (C=O) groups excluding carboxylic acids is 1. The maximum Gasteiger partial charge on any atom is 0.266 e. The molecule has 1 N–H and O–H groups in total. The number of thiophene rings is 1. The van der Waals surface area contributed by atoms with E-state index in [1.807, 2.05) is 51.1 Å². The number of benzene rings is 2. The molecule has 0 fully saturated rings. The topological polar surface area (TPSA) is 104 Å². The van der Waals surface area contributed by atoms with Gasteiger partial charge in [-0.3, -0.25) is 4.79 Å². The predicted octanol–water partition coefficient (Wildman–Crippen LogP) is 6.02. The van der Waals surface area contributed by atoms with Crippen LogP contribution >= 0.6 is 11.3 Å². The smallest absolute Gasteiger partial charge is 0.266 e. The summed E-state index contributed by atoms with van der Waals surface area (Å²) < 4.78 is 17.0. The van der Waals surface area contributed by atoms with Gasteiger partial charge >= 0.3 is 0 Å². The van der Waals surface area contributed by atoms with Gasteiger partial charge in [0.25, 0.3) is 5.91 Å². The molecule has 2 aromatic carbocycles. The number of hydrogen-bond acceptors (Lipinski definition) is 7. The van der Waals surface area contributed by atoms with Crippen LogP contribution in [-0.2, 0) is 17.8 Å². The van der Waals surface area contributed by atoms with Crippen molar-refractivity contribution in [3.63, 3.8) is 0 Å². The number of ether oxygens (including phenoxy) is 3. The first kappa shape index (κ1) is 26.3. The van der Waals surface area contributed by atoms with E-state index in [1.165, 1.54) is 17.4 Å². The summed E-state index contributed by atoms with van der Waals surface area (Å²) in [7, 11) is 1.61. The molecule has 0 aliphatic rings. The molecule has 0 aliphatic heterocycles. The van der Waals surface area contributed by atoms with Crippen LogP contribution in [0.5, 0.6) is 17.2 Å². The van der Waals surface area contributed by atoms with Crippen molar-refractivity contribution in [3.8, 4) is 29.4 Å². The standard InChI is InChI=1S/C28H27N3O4S/c1-5-23-18(3)36-28(24(23)16-30)31-27(32)21(15-29)12-19-10-11-25(26(14-19)34-6-2)35-17-20-8-7-9-22(13-20)33-4/h7-14H,5-6,17H2,1-4H3,(H,31,32). The van der Waals surface area contributed by atoms with E-state index >= 15 is 0 Å². The SMILES string of the molecule is CCOc1cc(C=C(C#N)C(=O)Nc2sc(C)c(CC)c2C#N)ccc1OCc1cccc(OC)c1. The molecule has 36 heavy (non-hydrogen) atoms. The lowest BCUT2D eigenvalue weighted by Crippen LogP contribution is -2.13. The number of aryl methyl sites for hydroxylation is 1. The van der Waals surface area contributed by atoms with Crippen molar-refractivity contribution in [2.45, 2.75) is 33.8 Å². The Labute approximate surface area is 215 Å². The van der Waals surface area contributed by atoms with Crippen LogP contribution in [0.15, 0.2) is 48.0 Å². The van der Waals surface area contributed by atoms with Crippen molar-refractivity contribution >= 4 is 28.3 Å². The fourth-order valence-corrected chi connectivity index (χ4v) is 4.71. The van der Waals surface area contributed by atoms with Gasteiger partial charge in [-0.2, -0.15) is 10.5 Å². The lowest BCUT2D eigenvalue weighted by molar-refractivity contribution is -0.112.